The molecule has 2 aromatic rings. The van der Waals surface area contributed by atoms with Crippen LogP contribution in [0.15, 0.2) is 22.9 Å². The van der Waals surface area contributed by atoms with Crippen molar-refractivity contribution in [1.82, 2.24) is 15.0 Å². The van der Waals surface area contributed by atoms with Crippen LogP contribution in [0.4, 0.5) is 16.2 Å². The van der Waals surface area contributed by atoms with Crippen molar-refractivity contribution >= 4 is 27.7 Å². The zero-order valence-electron chi connectivity index (χ0n) is 11.3. The molecule has 110 valence electrons. The largest absolute Gasteiger partial charge is 0.368 e. The van der Waals surface area contributed by atoms with Crippen LogP contribution in [0.25, 0.3) is 11.1 Å². The Labute approximate surface area is 130 Å². The van der Waals surface area contributed by atoms with Gasteiger partial charge in [-0.05, 0) is 34.8 Å². The molecule has 1 aliphatic rings. The summed E-state index contributed by atoms with van der Waals surface area (Å²) in [6, 6.07) is 2.10. The topological polar surface area (TPSA) is 76.7 Å². The SMILES string of the molecule is Nc1ncc(-c2ccnc(F)c2Br)c(NC2CCCC2)n1. The summed E-state index contributed by atoms with van der Waals surface area (Å²) < 4.78 is 13.9. The number of hydrogen-bond donors (Lipinski definition) is 2. The molecule has 0 atom stereocenters. The molecule has 0 bridgehead atoms. The number of pyridine rings is 1. The molecule has 2 heterocycles. The summed E-state index contributed by atoms with van der Waals surface area (Å²) in [5.41, 5.74) is 7.06. The standard InChI is InChI=1S/C14H15BrFN5/c15-11-9(5-6-18-12(11)16)10-7-19-14(17)21-13(10)20-8-3-1-2-4-8/h5-8H,1-4H2,(H3,17,19,20,21). The highest BCUT2D eigenvalue weighted by Gasteiger charge is 2.19. The second-order valence-corrected chi connectivity index (χ2v) is 5.87. The van der Waals surface area contributed by atoms with Gasteiger partial charge < -0.3 is 11.1 Å². The molecule has 21 heavy (non-hydrogen) atoms. The zero-order valence-corrected chi connectivity index (χ0v) is 12.9. The fraction of sp³-hybridized carbons (Fsp3) is 0.357. The molecular formula is C14H15BrFN5. The third-order valence-electron chi connectivity index (χ3n) is 3.64. The predicted molar refractivity (Wildman–Crippen MR) is 83.2 cm³/mol. The van der Waals surface area contributed by atoms with Gasteiger partial charge in [0, 0.05) is 29.6 Å². The Balaban J connectivity index is 2.02. The monoisotopic (exact) mass is 351 g/mol. The molecule has 0 aromatic carbocycles. The number of aromatic nitrogens is 3. The highest BCUT2D eigenvalue weighted by Crippen LogP contribution is 2.34. The average molecular weight is 352 g/mol. The lowest BCUT2D eigenvalue weighted by atomic mass is 10.1. The van der Waals surface area contributed by atoms with Crippen LogP contribution < -0.4 is 11.1 Å². The second kappa shape index (κ2) is 5.93. The maximum Gasteiger partial charge on any atom is 0.227 e. The van der Waals surface area contributed by atoms with Crippen LogP contribution in [0.2, 0.25) is 0 Å². The van der Waals surface area contributed by atoms with Crippen molar-refractivity contribution < 1.29 is 4.39 Å². The number of hydrogen-bond acceptors (Lipinski definition) is 5. The van der Waals surface area contributed by atoms with Gasteiger partial charge in [0.15, 0.2) is 0 Å². The van der Waals surface area contributed by atoms with E-state index < -0.39 is 5.95 Å². The number of nitrogens with zero attached hydrogens (tertiary/aromatic N) is 3. The van der Waals surface area contributed by atoms with Crippen LogP contribution in [0, 0.1) is 5.95 Å². The van der Waals surface area contributed by atoms with Crippen LogP contribution in [0.1, 0.15) is 25.7 Å². The molecule has 3 rings (SSSR count). The van der Waals surface area contributed by atoms with Crippen LogP contribution in [0.5, 0.6) is 0 Å². The van der Waals surface area contributed by atoms with E-state index in [0.29, 0.717) is 27.5 Å². The highest BCUT2D eigenvalue weighted by molar-refractivity contribution is 9.10. The van der Waals surface area contributed by atoms with Crippen LogP contribution >= 0.6 is 15.9 Å². The van der Waals surface area contributed by atoms with E-state index in [4.69, 9.17) is 5.73 Å². The van der Waals surface area contributed by atoms with E-state index in [1.165, 1.54) is 19.0 Å². The van der Waals surface area contributed by atoms with E-state index in [1.54, 1.807) is 12.3 Å². The molecule has 7 heteroatoms. The Morgan fingerprint density at radius 2 is 2.00 bits per heavy atom. The number of anilines is 2. The Morgan fingerprint density at radius 3 is 2.76 bits per heavy atom. The van der Waals surface area contributed by atoms with Gasteiger partial charge in [-0.25, -0.2) is 9.97 Å². The molecule has 1 aliphatic carbocycles. The molecule has 0 aliphatic heterocycles. The van der Waals surface area contributed by atoms with E-state index in [1.807, 2.05) is 0 Å². The maximum absolute atomic E-state index is 13.6. The molecule has 0 unspecified atom stereocenters. The normalized spacial score (nSPS) is 15.3. The fourth-order valence-corrected chi connectivity index (χ4v) is 3.04. The summed E-state index contributed by atoms with van der Waals surface area (Å²) in [5, 5.41) is 3.40. The zero-order chi connectivity index (χ0) is 14.8. The van der Waals surface area contributed by atoms with Crippen LogP contribution in [-0.2, 0) is 0 Å². The van der Waals surface area contributed by atoms with Gasteiger partial charge in [-0.1, -0.05) is 12.8 Å². The number of rotatable bonds is 3. The lowest BCUT2D eigenvalue weighted by molar-refractivity contribution is 0.577. The first-order valence-electron chi connectivity index (χ1n) is 6.84. The van der Waals surface area contributed by atoms with Crippen molar-refractivity contribution in [2.45, 2.75) is 31.7 Å². The van der Waals surface area contributed by atoms with Crippen molar-refractivity contribution in [3.63, 3.8) is 0 Å². The predicted octanol–water partition coefficient (Wildman–Crippen LogP) is 3.38. The van der Waals surface area contributed by atoms with Crippen molar-refractivity contribution in [2.75, 3.05) is 11.1 Å². The molecule has 0 radical (unpaired) electrons. The first-order chi connectivity index (χ1) is 10.1. The fourth-order valence-electron chi connectivity index (χ4n) is 2.59. The highest BCUT2D eigenvalue weighted by atomic mass is 79.9. The molecule has 2 aromatic heterocycles. The van der Waals surface area contributed by atoms with E-state index >= 15 is 0 Å². The van der Waals surface area contributed by atoms with Crippen LogP contribution in [-0.4, -0.2) is 21.0 Å². The first kappa shape index (κ1) is 14.2. The van der Waals surface area contributed by atoms with Gasteiger partial charge in [0.05, 0.1) is 4.47 Å². The molecule has 0 spiro atoms. The van der Waals surface area contributed by atoms with Crippen LogP contribution in [0.3, 0.4) is 0 Å². The molecule has 1 fully saturated rings. The minimum absolute atomic E-state index is 0.199. The lowest BCUT2D eigenvalue weighted by Gasteiger charge is -2.16. The van der Waals surface area contributed by atoms with E-state index in [9.17, 15) is 4.39 Å². The van der Waals surface area contributed by atoms with Gasteiger partial charge in [0.1, 0.15) is 5.82 Å². The quantitative estimate of drug-likeness (QED) is 0.829. The van der Waals surface area contributed by atoms with Gasteiger partial charge in [0.2, 0.25) is 11.9 Å². The van der Waals surface area contributed by atoms with Crippen molar-refractivity contribution in [3.8, 4) is 11.1 Å². The first-order valence-corrected chi connectivity index (χ1v) is 7.64. The van der Waals surface area contributed by atoms with Gasteiger partial charge in [-0.15, -0.1) is 0 Å². The summed E-state index contributed by atoms with van der Waals surface area (Å²) in [4.78, 5) is 11.9. The van der Waals surface area contributed by atoms with Gasteiger partial charge in [0.25, 0.3) is 0 Å². The third-order valence-corrected chi connectivity index (χ3v) is 4.39. The number of nitrogen functional groups attached to an aromatic ring is 1. The van der Waals surface area contributed by atoms with Gasteiger partial charge in [-0.2, -0.15) is 9.37 Å². The Morgan fingerprint density at radius 1 is 1.24 bits per heavy atom. The second-order valence-electron chi connectivity index (χ2n) is 5.08. The summed E-state index contributed by atoms with van der Waals surface area (Å²) in [5.74, 6) is 0.279. The Bertz CT molecular complexity index is 658. The lowest BCUT2D eigenvalue weighted by Crippen LogP contribution is -2.17. The third kappa shape index (κ3) is 2.97. The van der Waals surface area contributed by atoms with Crippen molar-refractivity contribution in [2.24, 2.45) is 0 Å². The molecule has 5 nitrogen and oxygen atoms in total. The van der Waals surface area contributed by atoms with Gasteiger partial charge >= 0.3 is 0 Å². The number of nitrogens with two attached hydrogens (primary N) is 1. The van der Waals surface area contributed by atoms with Crippen molar-refractivity contribution in [1.29, 1.82) is 0 Å². The molecular weight excluding hydrogens is 337 g/mol. The molecule has 0 amide bonds. The smallest absolute Gasteiger partial charge is 0.227 e. The molecule has 3 N–H and O–H groups in total. The van der Waals surface area contributed by atoms with Crippen molar-refractivity contribution in [3.05, 3.63) is 28.9 Å². The summed E-state index contributed by atoms with van der Waals surface area (Å²) in [7, 11) is 0. The Kier molecular flexibility index (Phi) is 4.01. The molecule has 0 saturated heterocycles. The maximum atomic E-state index is 13.6. The minimum Gasteiger partial charge on any atom is -0.368 e. The summed E-state index contributed by atoms with van der Waals surface area (Å²) in [6.45, 7) is 0. The van der Waals surface area contributed by atoms with E-state index in [2.05, 4.69) is 36.2 Å². The number of nitrogens with one attached hydrogen (secondary N) is 1. The Hall–Kier alpha value is -1.76. The number of halogens is 2. The van der Waals surface area contributed by atoms with Gasteiger partial charge in [-0.3, -0.25) is 0 Å². The van der Waals surface area contributed by atoms with E-state index in [0.717, 1.165) is 12.8 Å². The average Bonchev–Trinajstić information content (AvgIpc) is 2.96. The summed E-state index contributed by atoms with van der Waals surface area (Å²) in [6.07, 6.45) is 7.66. The molecule has 1 saturated carbocycles. The van der Waals surface area contributed by atoms with E-state index in [-0.39, 0.29) is 5.95 Å². The summed E-state index contributed by atoms with van der Waals surface area (Å²) >= 11 is 3.23. The minimum atomic E-state index is -0.559.